The summed E-state index contributed by atoms with van der Waals surface area (Å²) in [6.07, 6.45) is 8.29. The molecule has 0 aromatic heterocycles. The van der Waals surface area contributed by atoms with E-state index in [4.69, 9.17) is 81.3 Å². The van der Waals surface area contributed by atoms with Crippen LogP contribution in [0.5, 0.6) is 86.2 Å². The molecular weight excluding hydrogens is 1790 g/mol. The molecule has 0 aliphatic carbocycles. The highest BCUT2D eigenvalue weighted by atomic mass is 16.6. The highest BCUT2D eigenvalue weighted by Gasteiger charge is 2.43. The highest BCUT2D eigenvalue weighted by Crippen LogP contribution is 2.36. The molecule has 0 saturated carbocycles. The minimum atomic E-state index is -1.33. The number of piperidine rings is 1. The number of amides is 1. The van der Waals surface area contributed by atoms with Crippen molar-refractivity contribution in [1.82, 2.24) is 4.90 Å². The number of carboxylic acid groups (broad SMARTS) is 1. The Labute approximate surface area is 809 Å². The number of carboxylic acids is 1. The summed E-state index contributed by atoms with van der Waals surface area (Å²) < 4.78 is 79.1. The van der Waals surface area contributed by atoms with Crippen LogP contribution in [0.4, 0.5) is 0 Å². The van der Waals surface area contributed by atoms with Crippen LogP contribution in [0, 0.1) is 5.41 Å². The summed E-state index contributed by atoms with van der Waals surface area (Å²) in [6.45, 7) is 12.3. The van der Waals surface area contributed by atoms with Gasteiger partial charge in [-0.2, -0.15) is 0 Å². The first kappa shape index (κ1) is 112. The lowest BCUT2D eigenvalue weighted by atomic mass is 9.87. The number of methoxy groups -OCH3 is 10. The maximum atomic E-state index is 13.8. The number of hydrogen-bond donors (Lipinski definition) is 4. The monoisotopic (exact) mass is 1910 g/mol. The molecule has 0 bridgehead atoms. The average molecular weight is 1910 g/mol. The van der Waals surface area contributed by atoms with E-state index >= 15 is 0 Å². The van der Waals surface area contributed by atoms with Crippen molar-refractivity contribution in [3.05, 3.63) is 287 Å². The molecule has 1 aliphatic rings. The van der Waals surface area contributed by atoms with Crippen LogP contribution in [0.15, 0.2) is 231 Å². The van der Waals surface area contributed by atoms with Crippen LogP contribution >= 0.6 is 0 Å². The van der Waals surface area contributed by atoms with Gasteiger partial charge in [0, 0.05) is 53.3 Å². The molecular formula is C108H121NO30. The van der Waals surface area contributed by atoms with Crippen molar-refractivity contribution < 1.29 is 144 Å². The lowest BCUT2D eigenvalue weighted by Gasteiger charge is -2.36. The number of benzene rings is 10. The highest BCUT2D eigenvalue weighted by molar-refractivity contribution is 6.38. The number of ether oxygens (including phenoxy) is 15. The van der Waals surface area contributed by atoms with Gasteiger partial charge in [-0.25, -0.2) is 19.2 Å². The molecule has 2 atom stereocenters. The number of carbonyl (C=O) groups is 11. The minimum Gasteiger partial charge on any atom is -0.508 e. The summed E-state index contributed by atoms with van der Waals surface area (Å²) in [5, 5.41) is 36.7. The molecule has 0 unspecified atom stereocenters. The van der Waals surface area contributed by atoms with E-state index in [1.165, 1.54) is 83.4 Å². The maximum Gasteiger partial charge on any atom is 0.344 e. The van der Waals surface area contributed by atoms with Crippen LogP contribution in [0.2, 0.25) is 0 Å². The molecule has 139 heavy (non-hydrogen) atoms. The van der Waals surface area contributed by atoms with Crippen molar-refractivity contribution in [3.8, 4) is 86.2 Å². The molecule has 4 N–H and O–H groups in total. The van der Waals surface area contributed by atoms with Crippen molar-refractivity contribution in [2.24, 2.45) is 5.41 Å². The summed E-state index contributed by atoms with van der Waals surface area (Å²) in [4.78, 5) is 134. The van der Waals surface area contributed by atoms with Crippen molar-refractivity contribution >= 4 is 71.1 Å². The van der Waals surface area contributed by atoms with E-state index in [0.29, 0.717) is 154 Å². The average Bonchev–Trinajstić information content (AvgIpc) is 0.799. The Bertz CT molecular complexity index is 5850. The smallest absolute Gasteiger partial charge is 0.344 e. The zero-order chi connectivity index (χ0) is 102. The largest absolute Gasteiger partial charge is 0.508 e. The second-order valence-corrected chi connectivity index (χ2v) is 32.3. The predicted octanol–water partition coefficient (Wildman–Crippen LogP) is 18.0. The number of carbonyl (C=O) groups excluding carboxylic acids is 10. The molecule has 1 amide bonds. The number of esters is 3. The Kier molecular flexibility index (Phi) is 45.9. The van der Waals surface area contributed by atoms with E-state index in [1.54, 1.807) is 204 Å². The van der Waals surface area contributed by atoms with E-state index in [0.717, 1.165) is 34.6 Å². The number of aldehydes is 1. The molecule has 1 heterocycles. The summed E-state index contributed by atoms with van der Waals surface area (Å²) in [6, 6.07) is 58.4. The van der Waals surface area contributed by atoms with Gasteiger partial charge in [-0.1, -0.05) is 97.6 Å². The maximum absolute atomic E-state index is 13.8. The molecule has 1 aliphatic heterocycles. The van der Waals surface area contributed by atoms with Crippen LogP contribution in [0.25, 0.3) is 6.08 Å². The number of Topliss-reactive ketones (excluding diaryl/α,β-unsaturated/α-hetero) is 4. The second kappa shape index (κ2) is 57.1. The third-order valence-electron chi connectivity index (χ3n) is 20.6. The molecule has 31 nitrogen and oxygen atoms in total. The lowest BCUT2D eigenvalue weighted by Crippen LogP contribution is -2.53. The SMILES string of the molecule is C=CC(=O)OCC(C)(C)C(=O)C(=O)N1CCCC[C@H]1C(=O)O[C@H](CCc1ccc(OC)c(OC)c1)c1cccc(OCC(=O)O)c1.CC(=O)c1cccc(O)c1.COc1ccc(/C=C/C(=O)c2cccc(O)c2)cc1OC.COc1ccc(C=O)cc1OC.COc1ccc(CCC(=O)c2cccc(O)c2)cc1OC.COc1ccc(CCC(=O)c2cccc(OCC(=O)OC(C)(C)C)c2)cc1OC. The number of ketones is 5. The van der Waals surface area contributed by atoms with E-state index in [1.807, 2.05) is 54.6 Å². The van der Waals surface area contributed by atoms with Gasteiger partial charge in [0.05, 0.1) is 76.5 Å². The fourth-order valence-electron chi connectivity index (χ4n) is 13.4. The number of phenolic OH excluding ortho intramolecular Hbond substituents is 3. The van der Waals surface area contributed by atoms with Gasteiger partial charge in [-0.05, 0) is 248 Å². The molecule has 0 spiro atoms. The van der Waals surface area contributed by atoms with Crippen molar-refractivity contribution in [3.63, 3.8) is 0 Å². The Balaban J connectivity index is 0.000000274. The summed E-state index contributed by atoms with van der Waals surface area (Å²) in [5.74, 6) is 2.33. The molecule has 1 saturated heterocycles. The van der Waals surface area contributed by atoms with Gasteiger partial charge in [-0.15, -0.1) is 0 Å². The van der Waals surface area contributed by atoms with Crippen LogP contribution in [-0.2, 0) is 62.2 Å². The Morgan fingerprint density at radius 1 is 0.460 bits per heavy atom. The van der Waals surface area contributed by atoms with Gasteiger partial charge < -0.3 is 96.4 Å². The van der Waals surface area contributed by atoms with Crippen molar-refractivity contribution in [2.45, 2.75) is 117 Å². The van der Waals surface area contributed by atoms with E-state index < -0.39 is 65.3 Å². The minimum absolute atomic E-state index is 0.000634. The third kappa shape index (κ3) is 37.3. The molecule has 31 heteroatoms. The van der Waals surface area contributed by atoms with Crippen LogP contribution < -0.4 is 56.8 Å². The topological polar surface area (TPSA) is 410 Å². The quantitative estimate of drug-likeness (QED) is 0.00692. The third-order valence-corrected chi connectivity index (χ3v) is 20.6. The molecule has 1 fully saturated rings. The zero-order valence-corrected chi connectivity index (χ0v) is 80.9. The van der Waals surface area contributed by atoms with Crippen molar-refractivity contribution in [1.29, 1.82) is 0 Å². The molecule has 738 valence electrons. The zero-order valence-electron chi connectivity index (χ0n) is 80.9. The standard InChI is InChI=1S/C34H41NO11.C23H28O6.C17H18O4.C17H16O4.C9H10O3.C8H8O2/c1-6-30(38)45-21-34(2,3)31(39)32(40)35-17-8-7-12-25(35)33(41)46-26(23-10-9-11-24(19-23)44-20-29(36)37)15-13-22-14-16-27(42-4)28(18-22)43-5;1-23(2,3)29-22(25)15-28-18-8-6-7-17(14-18)19(24)11-9-16-10-12-20(26-4)21(13-16)27-5;2*1-20-16-9-7-12(10-17(16)21-2)6-8-15(19)13-4-3-5-14(18)11-13;1-11-8-4-3-7(6-10)5-9(8)12-2;1-6(9)7-3-2-4-8(10)5-7/h6,9-11,14,16,18-19,25-26H,1,7-8,12-13,15,17,20-21H2,2-5H3,(H,36,37);6-8,10,12-14H,9,11,15H2,1-5H3;3-5,7,9-11,18H,6,8H2,1-2H3;3-11,18H,1-2H3;3-6H,1-2H3;2-5,10H,1H3/b;;;8-6+;;/t25-,26+;;;;;/m0...../s1. The fourth-order valence-corrected chi connectivity index (χ4v) is 13.4. The van der Waals surface area contributed by atoms with E-state index in [-0.39, 0.29) is 65.9 Å². The molecule has 10 aromatic rings. The Morgan fingerprint density at radius 3 is 1.34 bits per heavy atom. The van der Waals surface area contributed by atoms with E-state index in [2.05, 4.69) is 6.58 Å². The Hall–Kier alpha value is -16.0. The summed E-state index contributed by atoms with van der Waals surface area (Å²) >= 11 is 0. The number of nitrogens with zero attached hydrogens (tertiary/aromatic N) is 1. The Morgan fingerprint density at radius 2 is 0.878 bits per heavy atom. The summed E-state index contributed by atoms with van der Waals surface area (Å²) in [7, 11) is 15.6. The number of allylic oxidation sites excluding steroid dienone is 1. The lowest BCUT2D eigenvalue weighted by molar-refractivity contribution is -0.165. The number of likely N-dealkylation sites (tertiary alicyclic amines) is 1. The first-order valence-electron chi connectivity index (χ1n) is 43.8. The van der Waals surface area contributed by atoms with E-state index in [9.17, 15) is 63.0 Å². The van der Waals surface area contributed by atoms with Gasteiger partial charge in [-0.3, -0.25) is 33.6 Å². The number of aryl methyl sites for hydroxylation is 3. The van der Waals surface area contributed by atoms with Crippen molar-refractivity contribution in [2.75, 3.05) is 97.5 Å². The second-order valence-electron chi connectivity index (χ2n) is 32.3. The molecule has 0 radical (unpaired) electrons. The van der Waals surface area contributed by atoms with Crippen LogP contribution in [-0.4, -0.2) is 199 Å². The summed E-state index contributed by atoms with van der Waals surface area (Å²) in [5.41, 5.74) is 4.96. The number of phenols is 3. The van der Waals surface area contributed by atoms with Gasteiger partial charge >= 0.3 is 23.9 Å². The first-order valence-corrected chi connectivity index (χ1v) is 43.8. The van der Waals surface area contributed by atoms with Gasteiger partial charge in [0.1, 0.15) is 59.4 Å². The number of hydrogen-bond acceptors (Lipinski definition) is 29. The first-order chi connectivity index (χ1) is 66.4. The normalized spacial score (nSPS) is 11.9. The number of aromatic hydroxyl groups is 3. The molecule has 11 rings (SSSR count). The number of rotatable bonds is 40. The van der Waals surface area contributed by atoms with Crippen LogP contribution in [0.3, 0.4) is 0 Å². The molecule has 10 aromatic carbocycles. The van der Waals surface area contributed by atoms with Crippen LogP contribution in [0.1, 0.15) is 166 Å². The predicted molar refractivity (Wildman–Crippen MR) is 520 cm³/mol. The van der Waals surface area contributed by atoms with Gasteiger partial charge in [0.15, 0.2) is 93.8 Å². The number of aliphatic carboxylic acids is 1. The fraction of sp³-hybridized carbons (Fsp3) is 0.306. The van der Waals surface area contributed by atoms with Gasteiger partial charge in [0.2, 0.25) is 5.78 Å². The van der Waals surface area contributed by atoms with Gasteiger partial charge in [0.25, 0.3) is 5.91 Å².